The van der Waals surface area contributed by atoms with Crippen molar-refractivity contribution in [3.8, 4) is 17.6 Å². The van der Waals surface area contributed by atoms with Crippen molar-refractivity contribution in [2.75, 3.05) is 0 Å². The number of ether oxygens (including phenoxy) is 1. The summed E-state index contributed by atoms with van der Waals surface area (Å²) in [4.78, 5) is 16.4. The second kappa shape index (κ2) is 8.79. The summed E-state index contributed by atoms with van der Waals surface area (Å²) < 4.78 is 6.54. The van der Waals surface area contributed by atoms with Crippen LogP contribution in [-0.4, -0.2) is 22.5 Å². The lowest BCUT2D eigenvalue weighted by Crippen LogP contribution is -2.48. The molecule has 22 heavy (non-hydrogen) atoms. The molecule has 1 unspecified atom stereocenters. The van der Waals surface area contributed by atoms with Gasteiger partial charge in [0.2, 0.25) is 0 Å². The van der Waals surface area contributed by atoms with Crippen LogP contribution < -0.4 is 10.1 Å². The Hall–Kier alpha value is -1.54. The maximum absolute atomic E-state index is 12.4. The van der Waals surface area contributed by atoms with E-state index in [9.17, 15) is 4.79 Å². The summed E-state index contributed by atoms with van der Waals surface area (Å²) in [6.07, 6.45) is 5.09. The van der Waals surface area contributed by atoms with Crippen molar-refractivity contribution in [2.45, 2.75) is 58.6 Å². The van der Waals surface area contributed by atoms with Crippen LogP contribution in [0.3, 0.4) is 0 Å². The van der Waals surface area contributed by atoms with Crippen LogP contribution in [0, 0.1) is 11.8 Å². The van der Waals surface area contributed by atoms with Crippen LogP contribution in [0.15, 0.2) is 22.9 Å². The van der Waals surface area contributed by atoms with Crippen molar-refractivity contribution >= 4 is 21.8 Å². The van der Waals surface area contributed by atoms with Crippen LogP contribution in [0.5, 0.6) is 5.75 Å². The van der Waals surface area contributed by atoms with E-state index in [0.29, 0.717) is 12.2 Å². The van der Waals surface area contributed by atoms with Crippen molar-refractivity contribution in [3.05, 3.63) is 22.9 Å². The molecule has 0 bridgehead atoms. The minimum Gasteiger partial charge on any atom is -0.479 e. The molecule has 4 nitrogen and oxygen atoms in total. The summed E-state index contributed by atoms with van der Waals surface area (Å²) in [5.41, 5.74) is -0.571. The highest BCUT2D eigenvalue weighted by Gasteiger charge is 2.24. The van der Waals surface area contributed by atoms with E-state index in [2.05, 4.69) is 45.0 Å². The highest BCUT2D eigenvalue weighted by molar-refractivity contribution is 9.10. The average molecular weight is 367 g/mol. The molecule has 0 aromatic carbocycles. The molecular weight excluding hydrogens is 344 g/mol. The molecule has 0 saturated heterocycles. The Labute approximate surface area is 141 Å². The lowest BCUT2D eigenvalue weighted by atomic mass is 10.1. The summed E-state index contributed by atoms with van der Waals surface area (Å²) in [5.74, 6) is 6.55. The van der Waals surface area contributed by atoms with Crippen molar-refractivity contribution in [3.63, 3.8) is 0 Å². The van der Waals surface area contributed by atoms with Crippen LogP contribution in [0.4, 0.5) is 0 Å². The maximum atomic E-state index is 12.4. The van der Waals surface area contributed by atoms with E-state index in [-0.39, 0.29) is 5.91 Å². The third kappa shape index (κ3) is 6.48. The molecule has 0 saturated carbocycles. The van der Waals surface area contributed by atoms with Crippen LogP contribution in [0.2, 0.25) is 0 Å². The van der Waals surface area contributed by atoms with Gasteiger partial charge in [-0.05, 0) is 48.7 Å². The molecule has 120 valence electrons. The lowest BCUT2D eigenvalue weighted by Gasteiger charge is -2.24. The minimum absolute atomic E-state index is 0.168. The van der Waals surface area contributed by atoms with Gasteiger partial charge >= 0.3 is 0 Å². The lowest BCUT2D eigenvalue weighted by molar-refractivity contribution is -0.129. The van der Waals surface area contributed by atoms with E-state index in [1.165, 1.54) is 0 Å². The Morgan fingerprint density at radius 2 is 2.18 bits per heavy atom. The van der Waals surface area contributed by atoms with Gasteiger partial charge < -0.3 is 10.1 Å². The van der Waals surface area contributed by atoms with Gasteiger partial charge in [0.1, 0.15) is 5.75 Å². The van der Waals surface area contributed by atoms with Gasteiger partial charge in [0.15, 0.2) is 6.10 Å². The Balaban J connectivity index is 2.70. The van der Waals surface area contributed by atoms with Gasteiger partial charge in [-0.2, -0.15) is 0 Å². The Bertz CT molecular complexity index is 561. The van der Waals surface area contributed by atoms with Crippen LogP contribution in [0.25, 0.3) is 0 Å². The third-order valence-electron chi connectivity index (χ3n) is 2.83. The zero-order valence-electron chi connectivity index (χ0n) is 13.6. The number of rotatable bonds is 6. The number of unbranched alkanes of at least 4 members (excludes halogenated alkanes) is 1. The number of pyridine rings is 1. The number of aromatic nitrogens is 1. The van der Waals surface area contributed by atoms with E-state index in [4.69, 9.17) is 4.74 Å². The molecule has 0 aliphatic rings. The molecule has 1 N–H and O–H groups in total. The fourth-order valence-electron chi connectivity index (χ4n) is 1.77. The van der Waals surface area contributed by atoms with E-state index >= 15 is 0 Å². The van der Waals surface area contributed by atoms with Crippen molar-refractivity contribution in [2.24, 2.45) is 0 Å². The Morgan fingerprint density at radius 3 is 2.77 bits per heavy atom. The predicted octanol–water partition coefficient (Wildman–Crippen LogP) is 3.70. The van der Waals surface area contributed by atoms with Gasteiger partial charge in [0.05, 0.1) is 11.7 Å². The molecule has 1 aromatic heterocycles. The second-order valence-electron chi connectivity index (χ2n) is 5.52. The molecule has 0 fully saturated rings. The number of amides is 1. The zero-order chi connectivity index (χ0) is 16.6. The summed E-state index contributed by atoms with van der Waals surface area (Å²) in [6, 6.07) is 1.79. The molecule has 1 rings (SSSR count). The topological polar surface area (TPSA) is 51.2 Å². The van der Waals surface area contributed by atoms with Crippen molar-refractivity contribution in [1.82, 2.24) is 10.3 Å². The van der Waals surface area contributed by atoms with E-state index in [0.717, 1.165) is 17.3 Å². The summed E-state index contributed by atoms with van der Waals surface area (Å²) in [7, 11) is 0. The van der Waals surface area contributed by atoms with Crippen LogP contribution in [-0.2, 0) is 4.79 Å². The maximum Gasteiger partial charge on any atom is 0.262 e. The second-order valence-corrected chi connectivity index (χ2v) is 6.44. The average Bonchev–Trinajstić information content (AvgIpc) is 2.44. The number of hydrogen-bond donors (Lipinski definition) is 1. The Kier molecular flexibility index (Phi) is 7.40. The first-order chi connectivity index (χ1) is 10.4. The first kappa shape index (κ1) is 18.5. The zero-order valence-corrected chi connectivity index (χ0v) is 15.2. The molecule has 5 heteroatoms. The van der Waals surface area contributed by atoms with Gasteiger partial charge in [-0.1, -0.05) is 19.8 Å². The normalized spacial score (nSPS) is 12.0. The number of hydrogen-bond acceptors (Lipinski definition) is 3. The molecule has 0 radical (unpaired) electrons. The number of nitrogens with one attached hydrogen (secondary N) is 1. The molecule has 1 amide bonds. The van der Waals surface area contributed by atoms with Gasteiger partial charge in [-0.15, -0.1) is 5.92 Å². The number of carbonyl (C=O) groups excluding carboxylic acids is 1. The molecule has 0 aliphatic carbocycles. The predicted molar refractivity (Wildman–Crippen MR) is 91.5 cm³/mol. The Morgan fingerprint density at radius 1 is 1.45 bits per heavy atom. The van der Waals surface area contributed by atoms with E-state index < -0.39 is 11.6 Å². The molecule has 0 spiro atoms. The summed E-state index contributed by atoms with van der Waals surface area (Å²) in [6.45, 7) is 7.76. The molecule has 0 aliphatic heterocycles. The van der Waals surface area contributed by atoms with Crippen molar-refractivity contribution in [1.29, 1.82) is 0 Å². The number of carbonyl (C=O) groups is 1. The molecule has 1 aromatic rings. The summed E-state index contributed by atoms with van der Waals surface area (Å²) >= 11 is 3.33. The monoisotopic (exact) mass is 366 g/mol. The van der Waals surface area contributed by atoms with Gasteiger partial charge in [-0.3, -0.25) is 9.78 Å². The van der Waals surface area contributed by atoms with E-state index in [1.54, 1.807) is 18.5 Å². The third-order valence-corrected chi connectivity index (χ3v) is 3.27. The number of halogens is 1. The highest BCUT2D eigenvalue weighted by Crippen LogP contribution is 2.18. The van der Waals surface area contributed by atoms with Crippen LogP contribution in [0.1, 0.15) is 47.0 Å². The smallest absolute Gasteiger partial charge is 0.262 e. The van der Waals surface area contributed by atoms with Crippen LogP contribution >= 0.6 is 15.9 Å². The molecule has 1 atom stereocenters. The number of nitrogens with zero attached hydrogens (tertiary/aromatic N) is 1. The first-order valence-corrected chi connectivity index (χ1v) is 8.26. The fourth-order valence-corrected chi connectivity index (χ4v) is 2.12. The quantitative estimate of drug-likeness (QED) is 0.780. The molecule has 1 heterocycles. The standard InChI is InChI=1S/C17H23BrN2O2/c1-5-7-8-9-17(3,4)20-16(21)15(6-2)22-14-10-13(18)11-19-12-14/h10-12,15H,5-7H2,1-4H3,(H,20,21). The fraction of sp³-hybridized carbons (Fsp3) is 0.529. The molecular formula is C17H23BrN2O2. The van der Waals surface area contributed by atoms with Crippen molar-refractivity contribution < 1.29 is 9.53 Å². The largest absolute Gasteiger partial charge is 0.479 e. The summed E-state index contributed by atoms with van der Waals surface area (Å²) in [5, 5.41) is 2.93. The highest BCUT2D eigenvalue weighted by atomic mass is 79.9. The first-order valence-electron chi connectivity index (χ1n) is 7.47. The van der Waals surface area contributed by atoms with Gasteiger partial charge in [-0.25, -0.2) is 0 Å². The van der Waals surface area contributed by atoms with E-state index in [1.807, 2.05) is 20.8 Å². The van der Waals surface area contributed by atoms with Gasteiger partial charge in [0.25, 0.3) is 5.91 Å². The SMILES string of the molecule is CCCC#CC(C)(C)NC(=O)C(CC)Oc1cncc(Br)c1. The minimum atomic E-state index is -0.571. The van der Waals surface area contributed by atoms with Gasteiger partial charge in [0, 0.05) is 17.1 Å².